The lowest BCUT2D eigenvalue weighted by atomic mass is 10.0. The highest BCUT2D eigenvalue weighted by molar-refractivity contribution is 5.60. The van der Waals surface area contributed by atoms with E-state index in [1.54, 1.807) is 14.0 Å². The number of aliphatic hydroxyl groups excluding tert-OH is 1. The minimum absolute atomic E-state index is 0.530. The van der Waals surface area contributed by atoms with Crippen LogP contribution in [0.2, 0.25) is 0 Å². The second-order valence-electron chi connectivity index (χ2n) is 5.12. The summed E-state index contributed by atoms with van der Waals surface area (Å²) in [4.78, 5) is 2.32. The van der Waals surface area contributed by atoms with Gasteiger partial charge in [-0.2, -0.15) is 0 Å². The first-order chi connectivity index (χ1) is 9.04. The largest absolute Gasteiger partial charge is 0.496 e. The van der Waals surface area contributed by atoms with Gasteiger partial charge in [-0.15, -0.1) is 0 Å². The van der Waals surface area contributed by atoms with E-state index in [-0.39, 0.29) is 0 Å². The molecule has 0 aromatic heterocycles. The molecule has 0 amide bonds. The Balaban J connectivity index is 3.15. The van der Waals surface area contributed by atoms with E-state index in [0.29, 0.717) is 5.92 Å². The lowest BCUT2D eigenvalue weighted by molar-refractivity contribution is 0.194. The zero-order valence-corrected chi connectivity index (χ0v) is 12.8. The highest BCUT2D eigenvalue weighted by atomic mass is 16.5. The van der Waals surface area contributed by atoms with Crippen LogP contribution in [0.25, 0.3) is 0 Å². The van der Waals surface area contributed by atoms with E-state index >= 15 is 0 Å². The van der Waals surface area contributed by atoms with Gasteiger partial charge in [0.05, 0.1) is 13.2 Å². The van der Waals surface area contributed by atoms with Gasteiger partial charge in [-0.3, -0.25) is 0 Å². The van der Waals surface area contributed by atoms with Crippen LogP contribution in [-0.4, -0.2) is 25.3 Å². The molecule has 1 aromatic carbocycles. The maximum atomic E-state index is 10.0. The Morgan fingerprint density at radius 1 is 1.26 bits per heavy atom. The van der Waals surface area contributed by atoms with Crippen LogP contribution in [0.1, 0.15) is 45.8 Å². The van der Waals surface area contributed by atoms with Gasteiger partial charge in [-0.25, -0.2) is 0 Å². The SMILES string of the molecule is CCC(C)CN(CC)c1cccc(OC)c1[C@H](C)O. The quantitative estimate of drug-likeness (QED) is 0.817. The summed E-state index contributed by atoms with van der Waals surface area (Å²) < 4.78 is 5.39. The zero-order valence-electron chi connectivity index (χ0n) is 12.8. The van der Waals surface area contributed by atoms with Crippen molar-refractivity contribution in [3.8, 4) is 5.75 Å². The smallest absolute Gasteiger partial charge is 0.126 e. The minimum Gasteiger partial charge on any atom is -0.496 e. The maximum Gasteiger partial charge on any atom is 0.126 e. The van der Waals surface area contributed by atoms with Gasteiger partial charge in [0.1, 0.15) is 5.75 Å². The van der Waals surface area contributed by atoms with Crippen molar-refractivity contribution in [2.45, 2.75) is 40.2 Å². The molecule has 0 heterocycles. The Kier molecular flexibility index (Phi) is 6.16. The summed E-state index contributed by atoms with van der Waals surface area (Å²) >= 11 is 0. The van der Waals surface area contributed by atoms with Crippen molar-refractivity contribution in [1.29, 1.82) is 0 Å². The highest BCUT2D eigenvalue weighted by Gasteiger charge is 2.18. The van der Waals surface area contributed by atoms with E-state index in [0.717, 1.165) is 36.5 Å². The van der Waals surface area contributed by atoms with E-state index in [2.05, 4.69) is 31.7 Å². The number of benzene rings is 1. The molecule has 1 aromatic rings. The van der Waals surface area contributed by atoms with E-state index in [9.17, 15) is 5.11 Å². The normalized spacial score (nSPS) is 14.0. The molecule has 0 saturated heterocycles. The molecular weight excluding hydrogens is 238 g/mol. The van der Waals surface area contributed by atoms with Crippen LogP contribution in [-0.2, 0) is 0 Å². The fourth-order valence-corrected chi connectivity index (χ4v) is 2.31. The Morgan fingerprint density at radius 3 is 2.42 bits per heavy atom. The lowest BCUT2D eigenvalue weighted by Crippen LogP contribution is -2.29. The number of aliphatic hydroxyl groups is 1. The number of nitrogens with zero attached hydrogens (tertiary/aromatic N) is 1. The predicted molar refractivity (Wildman–Crippen MR) is 81.0 cm³/mol. The van der Waals surface area contributed by atoms with Gasteiger partial charge in [0.15, 0.2) is 0 Å². The molecule has 0 saturated carbocycles. The van der Waals surface area contributed by atoms with Gasteiger partial charge in [0.2, 0.25) is 0 Å². The summed E-state index contributed by atoms with van der Waals surface area (Å²) in [6, 6.07) is 5.96. The average Bonchev–Trinajstić information content (AvgIpc) is 2.43. The van der Waals surface area contributed by atoms with Crippen molar-refractivity contribution in [3.05, 3.63) is 23.8 Å². The summed E-state index contributed by atoms with van der Waals surface area (Å²) in [5, 5.41) is 10.0. The second kappa shape index (κ2) is 7.39. The van der Waals surface area contributed by atoms with Crippen LogP contribution in [0.4, 0.5) is 5.69 Å². The third-order valence-electron chi connectivity index (χ3n) is 3.63. The van der Waals surface area contributed by atoms with Crippen LogP contribution in [0.15, 0.2) is 18.2 Å². The molecule has 3 nitrogen and oxygen atoms in total. The molecular formula is C16H27NO2. The van der Waals surface area contributed by atoms with Gasteiger partial charge in [0.25, 0.3) is 0 Å². The first-order valence-electron chi connectivity index (χ1n) is 7.14. The summed E-state index contributed by atoms with van der Waals surface area (Å²) in [5.74, 6) is 1.39. The third-order valence-corrected chi connectivity index (χ3v) is 3.63. The standard InChI is InChI=1S/C16H27NO2/c1-6-12(3)11-17(7-2)14-9-8-10-15(19-5)16(14)13(4)18/h8-10,12-13,18H,6-7,11H2,1-5H3/t12?,13-/m0/s1. The third kappa shape index (κ3) is 3.87. The van der Waals surface area contributed by atoms with Crippen LogP contribution in [0.5, 0.6) is 5.75 Å². The molecule has 0 aliphatic carbocycles. The van der Waals surface area contributed by atoms with Crippen molar-refractivity contribution in [1.82, 2.24) is 0 Å². The second-order valence-corrected chi connectivity index (χ2v) is 5.12. The highest BCUT2D eigenvalue weighted by Crippen LogP contribution is 2.34. The molecule has 0 bridgehead atoms. The van der Waals surface area contributed by atoms with Crippen LogP contribution >= 0.6 is 0 Å². The van der Waals surface area contributed by atoms with Crippen LogP contribution in [0.3, 0.4) is 0 Å². The van der Waals surface area contributed by atoms with E-state index < -0.39 is 6.10 Å². The first-order valence-corrected chi connectivity index (χ1v) is 7.14. The van der Waals surface area contributed by atoms with Crippen molar-refractivity contribution >= 4 is 5.69 Å². The molecule has 1 rings (SSSR count). The number of anilines is 1. The molecule has 0 fully saturated rings. The molecule has 1 unspecified atom stereocenters. The maximum absolute atomic E-state index is 10.0. The predicted octanol–water partition coefficient (Wildman–Crippen LogP) is 3.62. The first kappa shape index (κ1) is 15.8. The molecule has 1 N–H and O–H groups in total. The number of methoxy groups -OCH3 is 1. The Hall–Kier alpha value is -1.22. The van der Waals surface area contributed by atoms with Crippen molar-refractivity contribution in [2.24, 2.45) is 5.92 Å². The summed E-state index contributed by atoms with van der Waals surface area (Å²) in [6.45, 7) is 10.3. The van der Waals surface area contributed by atoms with E-state index in [4.69, 9.17) is 4.74 Å². The minimum atomic E-state index is -0.530. The molecule has 108 valence electrons. The van der Waals surface area contributed by atoms with Crippen LogP contribution in [0, 0.1) is 5.92 Å². The zero-order chi connectivity index (χ0) is 14.4. The molecule has 19 heavy (non-hydrogen) atoms. The van der Waals surface area contributed by atoms with Gasteiger partial charge >= 0.3 is 0 Å². The Labute approximate surface area is 117 Å². The molecule has 0 aliphatic rings. The average molecular weight is 265 g/mol. The fourth-order valence-electron chi connectivity index (χ4n) is 2.31. The number of ether oxygens (including phenoxy) is 1. The molecule has 3 heteroatoms. The fraction of sp³-hybridized carbons (Fsp3) is 0.625. The van der Waals surface area contributed by atoms with Crippen LogP contribution < -0.4 is 9.64 Å². The van der Waals surface area contributed by atoms with Gasteiger partial charge < -0.3 is 14.7 Å². The van der Waals surface area contributed by atoms with Crippen molar-refractivity contribution < 1.29 is 9.84 Å². The molecule has 0 spiro atoms. The molecule has 2 atom stereocenters. The number of hydrogen-bond donors (Lipinski definition) is 1. The topological polar surface area (TPSA) is 32.7 Å². The Bertz CT molecular complexity index is 390. The van der Waals surface area contributed by atoms with Gasteiger partial charge in [-0.1, -0.05) is 26.3 Å². The monoisotopic (exact) mass is 265 g/mol. The van der Waals surface area contributed by atoms with E-state index in [1.807, 2.05) is 12.1 Å². The number of rotatable bonds is 7. The molecule has 0 radical (unpaired) electrons. The van der Waals surface area contributed by atoms with Gasteiger partial charge in [0, 0.05) is 24.3 Å². The van der Waals surface area contributed by atoms with E-state index in [1.165, 1.54) is 0 Å². The lowest BCUT2D eigenvalue weighted by Gasteiger charge is -2.30. The summed E-state index contributed by atoms with van der Waals surface area (Å²) in [6.07, 6.45) is 0.627. The Morgan fingerprint density at radius 2 is 1.95 bits per heavy atom. The molecule has 0 aliphatic heterocycles. The van der Waals surface area contributed by atoms with Gasteiger partial charge in [-0.05, 0) is 31.9 Å². The van der Waals surface area contributed by atoms with Crippen molar-refractivity contribution in [2.75, 3.05) is 25.1 Å². The summed E-state index contributed by atoms with van der Waals surface area (Å²) in [7, 11) is 1.65. The van der Waals surface area contributed by atoms with Crippen molar-refractivity contribution in [3.63, 3.8) is 0 Å². The number of hydrogen-bond acceptors (Lipinski definition) is 3. The summed E-state index contributed by atoms with van der Waals surface area (Å²) in [5.41, 5.74) is 1.97.